The molecule has 1 aliphatic carbocycles. The first-order valence-corrected chi connectivity index (χ1v) is 3.37. The lowest BCUT2D eigenvalue weighted by Gasteiger charge is -2.00. The summed E-state index contributed by atoms with van der Waals surface area (Å²) in [5, 5.41) is 8.32. The Labute approximate surface area is 54.9 Å². The van der Waals surface area contributed by atoms with Crippen molar-refractivity contribution in [1.29, 1.82) is 0 Å². The van der Waals surface area contributed by atoms with Gasteiger partial charge in [0.2, 0.25) is 0 Å². The van der Waals surface area contributed by atoms with Crippen LogP contribution in [0, 0.1) is 12.3 Å². The Balaban J connectivity index is 2.19. The summed E-state index contributed by atoms with van der Waals surface area (Å²) in [6.07, 6.45) is 5.98. The van der Waals surface area contributed by atoms with Crippen molar-refractivity contribution in [3.8, 4) is 0 Å². The second kappa shape index (κ2) is 2.85. The van der Waals surface area contributed by atoms with Gasteiger partial charge in [0, 0.05) is 0 Å². The van der Waals surface area contributed by atoms with Gasteiger partial charge in [-0.25, -0.2) is 0 Å². The summed E-state index contributed by atoms with van der Waals surface area (Å²) in [6, 6.07) is 0. The molecule has 0 saturated heterocycles. The first-order chi connectivity index (χ1) is 4.29. The second-order valence-corrected chi connectivity index (χ2v) is 2.55. The van der Waals surface area contributed by atoms with Crippen LogP contribution in [0.5, 0.6) is 0 Å². The smallest absolute Gasteiger partial charge is 0.307 e. The molecule has 0 amide bonds. The zero-order chi connectivity index (χ0) is 6.69. The minimum Gasteiger partial charge on any atom is -0.481 e. The van der Waals surface area contributed by atoms with Crippen LogP contribution in [0.25, 0.3) is 0 Å². The van der Waals surface area contributed by atoms with Crippen LogP contribution in [-0.2, 0) is 4.79 Å². The van der Waals surface area contributed by atoms with Crippen molar-refractivity contribution in [3.63, 3.8) is 0 Å². The molecule has 0 aromatic carbocycles. The molecule has 0 atom stereocenters. The third-order valence-electron chi connectivity index (χ3n) is 1.78. The quantitative estimate of drug-likeness (QED) is 0.609. The van der Waals surface area contributed by atoms with E-state index in [1.807, 2.05) is 0 Å². The van der Waals surface area contributed by atoms with Crippen LogP contribution in [0.2, 0.25) is 0 Å². The normalized spacial score (nSPS) is 20.4. The minimum absolute atomic E-state index is 0.363. The van der Waals surface area contributed by atoms with E-state index in [0.717, 1.165) is 12.8 Å². The highest BCUT2D eigenvalue weighted by Crippen LogP contribution is 2.26. The molecule has 0 bridgehead atoms. The number of rotatable bonds is 2. The van der Waals surface area contributed by atoms with E-state index >= 15 is 0 Å². The summed E-state index contributed by atoms with van der Waals surface area (Å²) in [7, 11) is 0. The average molecular weight is 127 g/mol. The summed E-state index contributed by atoms with van der Waals surface area (Å²) < 4.78 is 0. The van der Waals surface area contributed by atoms with Gasteiger partial charge in [0.05, 0.1) is 6.42 Å². The maximum absolute atomic E-state index is 10.1. The van der Waals surface area contributed by atoms with Crippen molar-refractivity contribution in [2.75, 3.05) is 0 Å². The van der Waals surface area contributed by atoms with Crippen molar-refractivity contribution in [2.45, 2.75) is 25.7 Å². The fraction of sp³-hybridized carbons (Fsp3) is 0.714. The monoisotopic (exact) mass is 127 g/mol. The van der Waals surface area contributed by atoms with Gasteiger partial charge >= 0.3 is 5.97 Å². The number of carbonyl (C=O) groups is 1. The Hall–Kier alpha value is -0.530. The van der Waals surface area contributed by atoms with Crippen molar-refractivity contribution >= 4 is 5.97 Å². The third kappa shape index (κ3) is 2.04. The predicted molar refractivity (Wildman–Crippen MR) is 33.9 cm³/mol. The van der Waals surface area contributed by atoms with Gasteiger partial charge in [-0.3, -0.25) is 4.79 Å². The highest BCUT2D eigenvalue weighted by Gasteiger charge is 2.17. The molecule has 0 aliphatic heterocycles. The Morgan fingerprint density at radius 3 is 2.44 bits per heavy atom. The molecule has 1 fully saturated rings. The highest BCUT2D eigenvalue weighted by molar-refractivity contribution is 5.76. The molecule has 0 unspecified atom stereocenters. The molecule has 0 aromatic rings. The summed E-state index contributed by atoms with van der Waals surface area (Å²) in [4.78, 5) is 10.1. The number of aliphatic carboxylic acids is 1. The molecule has 0 spiro atoms. The van der Waals surface area contributed by atoms with Crippen molar-refractivity contribution in [2.24, 2.45) is 5.92 Å². The van der Waals surface area contributed by atoms with E-state index in [-0.39, 0.29) is 0 Å². The molecule has 51 valence electrons. The van der Waals surface area contributed by atoms with Gasteiger partial charge in [-0.2, -0.15) is 0 Å². The molecule has 0 aromatic heterocycles. The van der Waals surface area contributed by atoms with Crippen LogP contribution in [0.1, 0.15) is 25.7 Å². The standard InChI is InChI=1S/C7H11O2/c8-7(9)5-6-3-1-2-4-6/h5-6H,1-4H2,(H,8,9). The summed E-state index contributed by atoms with van der Waals surface area (Å²) in [5.41, 5.74) is 0. The van der Waals surface area contributed by atoms with Crippen LogP contribution in [0.15, 0.2) is 0 Å². The van der Waals surface area contributed by atoms with E-state index in [4.69, 9.17) is 5.11 Å². The van der Waals surface area contributed by atoms with Gasteiger partial charge in [0.25, 0.3) is 0 Å². The molecule has 1 saturated carbocycles. The topological polar surface area (TPSA) is 37.3 Å². The summed E-state index contributed by atoms with van der Waals surface area (Å²) in [5.74, 6) is -0.399. The van der Waals surface area contributed by atoms with E-state index < -0.39 is 5.97 Å². The number of hydrogen-bond donors (Lipinski definition) is 1. The van der Waals surface area contributed by atoms with Crippen LogP contribution >= 0.6 is 0 Å². The number of carboxylic acid groups (broad SMARTS) is 1. The lowest BCUT2D eigenvalue weighted by atomic mass is 10.1. The van der Waals surface area contributed by atoms with Crippen LogP contribution in [0.3, 0.4) is 0 Å². The molecule has 2 nitrogen and oxygen atoms in total. The molecular weight excluding hydrogens is 116 g/mol. The van der Waals surface area contributed by atoms with E-state index in [1.165, 1.54) is 19.3 Å². The van der Waals surface area contributed by atoms with Crippen LogP contribution < -0.4 is 0 Å². The molecule has 9 heavy (non-hydrogen) atoms. The van der Waals surface area contributed by atoms with E-state index in [2.05, 4.69) is 0 Å². The van der Waals surface area contributed by atoms with Crippen LogP contribution in [0.4, 0.5) is 0 Å². The Kier molecular flexibility index (Phi) is 2.09. The van der Waals surface area contributed by atoms with Gasteiger partial charge in [-0.05, 0) is 18.8 Å². The lowest BCUT2D eigenvalue weighted by Crippen LogP contribution is -2.04. The Bertz CT molecular complexity index is 103. The molecule has 1 radical (unpaired) electrons. The first-order valence-electron chi connectivity index (χ1n) is 3.37. The average Bonchev–Trinajstić information content (AvgIpc) is 2.15. The van der Waals surface area contributed by atoms with Gasteiger partial charge in [0.15, 0.2) is 0 Å². The molecule has 0 heterocycles. The zero-order valence-corrected chi connectivity index (χ0v) is 5.34. The van der Waals surface area contributed by atoms with Crippen molar-refractivity contribution in [1.82, 2.24) is 0 Å². The van der Waals surface area contributed by atoms with E-state index in [9.17, 15) is 4.79 Å². The van der Waals surface area contributed by atoms with Crippen molar-refractivity contribution in [3.05, 3.63) is 6.42 Å². The van der Waals surface area contributed by atoms with Crippen molar-refractivity contribution < 1.29 is 9.90 Å². The molecule has 2 heteroatoms. The molecule has 1 N–H and O–H groups in total. The maximum atomic E-state index is 10.1. The van der Waals surface area contributed by atoms with E-state index in [0.29, 0.717) is 5.92 Å². The van der Waals surface area contributed by atoms with Crippen LogP contribution in [-0.4, -0.2) is 11.1 Å². The first kappa shape index (κ1) is 6.59. The fourth-order valence-electron chi connectivity index (χ4n) is 1.33. The van der Waals surface area contributed by atoms with Gasteiger partial charge in [0.1, 0.15) is 0 Å². The SMILES string of the molecule is O=C(O)[CH]C1CCCC1. The molecular formula is C7H11O2. The Morgan fingerprint density at radius 2 is 2.00 bits per heavy atom. The zero-order valence-electron chi connectivity index (χ0n) is 5.34. The lowest BCUT2D eigenvalue weighted by molar-refractivity contribution is -0.133. The summed E-state index contributed by atoms with van der Waals surface area (Å²) >= 11 is 0. The Morgan fingerprint density at radius 1 is 1.44 bits per heavy atom. The largest absolute Gasteiger partial charge is 0.481 e. The summed E-state index contributed by atoms with van der Waals surface area (Å²) in [6.45, 7) is 0. The highest BCUT2D eigenvalue weighted by atomic mass is 16.4. The second-order valence-electron chi connectivity index (χ2n) is 2.55. The predicted octanol–water partition coefficient (Wildman–Crippen LogP) is 1.47. The fourth-order valence-corrected chi connectivity index (χ4v) is 1.33. The number of carboxylic acids is 1. The maximum Gasteiger partial charge on any atom is 0.307 e. The number of hydrogen-bond acceptors (Lipinski definition) is 1. The molecule has 1 rings (SSSR count). The van der Waals surface area contributed by atoms with Gasteiger partial charge < -0.3 is 5.11 Å². The minimum atomic E-state index is -0.762. The van der Waals surface area contributed by atoms with Gasteiger partial charge in [-0.15, -0.1) is 0 Å². The third-order valence-corrected chi connectivity index (χ3v) is 1.78. The van der Waals surface area contributed by atoms with Gasteiger partial charge in [-0.1, -0.05) is 12.8 Å². The van der Waals surface area contributed by atoms with E-state index in [1.54, 1.807) is 0 Å². The molecule has 1 aliphatic rings.